The van der Waals surface area contributed by atoms with Gasteiger partial charge in [-0.25, -0.2) is 4.79 Å². The molecule has 1 unspecified atom stereocenters. The van der Waals surface area contributed by atoms with E-state index in [1.165, 1.54) is 10.5 Å². The number of aliphatic carboxylic acids is 1. The first-order chi connectivity index (χ1) is 8.99. The van der Waals surface area contributed by atoms with Crippen LogP contribution in [0.5, 0.6) is 0 Å². The molecule has 0 aromatic heterocycles. The lowest BCUT2D eigenvalue weighted by molar-refractivity contribution is -0.137. The monoisotopic (exact) mass is 262 g/mol. The summed E-state index contributed by atoms with van der Waals surface area (Å²) < 4.78 is 0. The number of carboxylic acid groups (broad SMARTS) is 1. The average Bonchev–Trinajstić information content (AvgIpc) is 2.70. The summed E-state index contributed by atoms with van der Waals surface area (Å²) in [7, 11) is 0. The minimum atomic E-state index is -0.898. The number of rotatable bonds is 4. The summed E-state index contributed by atoms with van der Waals surface area (Å²) in [5.74, 6) is -0.471. The van der Waals surface area contributed by atoms with E-state index in [0.717, 1.165) is 5.69 Å². The lowest BCUT2D eigenvalue weighted by Crippen LogP contribution is -2.35. The van der Waals surface area contributed by atoms with Crippen molar-refractivity contribution >= 4 is 17.7 Å². The number of nitrogens with zero attached hydrogens (tertiary/aromatic N) is 1. The van der Waals surface area contributed by atoms with Crippen molar-refractivity contribution in [3.8, 4) is 0 Å². The maximum absolute atomic E-state index is 11.8. The number of amides is 2. The Morgan fingerprint density at radius 2 is 2.05 bits per heavy atom. The molecule has 0 saturated carbocycles. The minimum absolute atomic E-state index is 0.0509. The number of hydrogen-bond donors (Lipinski definition) is 2. The highest BCUT2D eigenvalue weighted by Gasteiger charge is 2.33. The first-order valence-corrected chi connectivity index (χ1v) is 6.38. The molecular weight excluding hydrogens is 244 g/mol. The maximum atomic E-state index is 11.8. The fourth-order valence-corrected chi connectivity index (χ4v) is 2.26. The van der Waals surface area contributed by atoms with E-state index in [1.807, 2.05) is 24.3 Å². The molecule has 2 rings (SSSR count). The summed E-state index contributed by atoms with van der Waals surface area (Å²) >= 11 is 0. The van der Waals surface area contributed by atoms with Crippen LogP contribution in [0.25, 0.3) is 0 Å². The summed E-state index contributed by atoms with van der Waals surface area (Å²) in [6, 6.07) is 7.13. The molecule has 1 saturated heterocycles. The Bertz CT molecular complexity index is 482. The van der Waals surface area contributed by atoms with Gasteiger partial charge in [0.15, 0.2) is 0 Å². The summed E-state index contributed by atoms with van der Waals surface area (Å²) in [4.78, 5) is 24.1. The van der Waals surface area contributed by atoms with Crippen LogP contribution in [-0.4, -0.2) is 29.7 Å². The number of carbonyl (C=O) groups excluding carboxylic acids is 1. The molecule has 0 aliphatic carbocycles. The molecule has 1 aromatic carbocycles. The number of hydrogen-bond acceptors (Lipinski definition) is 2. The van der Waals surface area contributed by atoms with Crippen LogP contribution in [0.1, 0.15) is 31.7 Å². The predicted octanol–water partition coefficient (Wildman–Crippen LogP) is 2.18. The highest BCUT2D eigenvalue weighted by Crippen LogP contribution is 2.24. The van der Waals surface area contributed by atoms with Gasteiger partial charge in [-0.3, -0.25) is 9.69 Å². The van der Waals surface area contributed by atoms with Crippen LogP contribution in [0.2, 0.25) is 0 Å². The highest BCUT2D eigenvalue weighted by atomic mass is 16.4. The van der Waals surface area contributed by atoms with Gasteiger partial charge in [0, 0.05) is 12.2 Å². The van der Waals surface area contributed by atoms with E-state index >= 15 is 0 Å². The van der Waals surface area contributed by atoms with Crippen LogP contribution in [-0.2, 0) is 4.79 Å². The third kappa shape index (κ3) is 2.86. The second kappa shape index (κ2) is 5.30. The van der Waals surface area contributed by atoms with Gasteiger partial charge in [-0.2, -0.15) is 0 Å². The number of nitrogens with one attached hydrogen (secondary N) is 1. The number of carboxylic acids is 1. The van der Waals surface area contributed by atoms with Crippen LogP contribution in [0.4, 0.5) is 10.5 Å². The van der Waals surface area contributed by atoms with Crippen LogP contribution >= 0.6 is 0 Å². The molecule has 1 aliphatic heterocycles. The summed E-state index contributed by atoms with van der Waals surface area (Å²) in [6.45, 7) is 4.58. The molecule has 1 atom stereocenters. The quantitative estimate of drug-likeness (QED) is 0.873. The van der Waals surface area contributed by atoms with Crippen molar-refractivity contribution in [2.24, 2.45) is 0 Å². The van der Waals surface area contributed by atoms with Crippen molar-refractivity contribution < 1.29 is 14.7 Å². The van der Waals surface area contributed by atoms with Gasteiger partial charge < -0.3 is 10.4 Å². The van der Waals surface area contributed by atoms with Crippen molar-refractivity contribution in [3.63, 3.8) is 0 Å². The molecule has 5 nitrogen and oxygen atoms in total. The highest BCUT2D eigenvalue weighted by molar-refractivity contribution is 5.95. The molecule has 1 aliphatic rings. The van der Waals surface area contributed by atoms with Gasteiger partial charge in [-0.05, 0) is 23.6 Å². The molecule has 0 bridgehead atoms. The summed E-state index contributed by atoms with van der Waals surface area (Å²) in [5.41, 5.74) is 1.93. The second-order valence-electron chi connectivity index (χ2n) is 5.05. The first kappa shape index (κ1) is 13.4. The Labute approximate surface area is 112 Å². The minimum Gasteiger partial charge on any atom is -0.481 e. The molecule has 2 amide bonds. The average molecular weight is 262 g/mol. The van der Waals surface area contributed by atoms with E-state index in [4.69, 9.17) is 5.11 Å². The van der Waals surface area contributed by atoms with E-state index in [-0.39, 0.29) is 18.5 Å². The third-order valence-corrected chi connectivity index (χ3v) is 3.32. The van der Waals surface area contributed by atoms with Crippen molar-refractivity contribution in [3.05, 3.63) is 29.8 Å². The molecule has 102 valence electrons. The van der Waals surface area contributed by atoms with Crippen molar-refractivity contribution in [1.82, 2.24) is 5.32 Å². The fraction of sp³-hybridized carbons (Fsp3) is 0.429. The normalized spacial score (nSPS) is 18.8. The lowest BCUT2D eigenvalue weighted by atomic mass is 10.0. The Hall–Kier alpha value is -2.04. The van der Waals surface area contributed by atoms with Gasteiger partial charge in [0.2, 0.25) is 0 Å². The van der Waals surface area contributed by atoms with Gasteiger partial charge >= 0.3 is 12.0 Å². The van der Waals surface area contributed by atoms with Crippen LogP contribution in [0.3, 0.4) is 0 Å². The Kier molecular flexibility index (Phi) is 3.74. The zero-order valence-electron chi connectivity index (χ0n) is 11.1. The number of anilines is 1. The van der Waals surface area contributed by atoms with Crippen LogP contribution in [0.15, 0.2) is 24.3 Å². The van der Waals surface area contributed by atoms with Gasteiger partial charge in [0.1, 0.15) is 0 Å². The predicted molar refractivity (Wildman–Crippen MR) is 72.4 cm³/mol. The van der Waals surface area contributed by atoms with E-state index in [2.05, 4.69) is 19.2 Å². The Morgan fingerprint density at radius 1 is 1.42 bits per heavy atom. The molecule has 5 heteroatoms. The van der Waals surface area contributed by atoms with E-state index in [1.54, 1.807) is 0 Å². The van der Waals surface area contributed by atoms with Crippen LogP contribution in [0, 0.1) is 0 Å². The van der Waals surface area contributed by atoms with Crippen molar-refractivity contribution in [1.29, 1.82) is 0 Å². The topological polar surface area (TPSA) is 69.6 Å². The van der Waals surface area contributed by atoms with Gasteiger partial charge in [0.05, 0.1) is 12.5 Å². The first-order valence-electron chi connectivity index (χ1n) is 6.38. The summed E-state index contributed by atoms with van der Waals surface area (Å²) in [6.07, 6.45) is -0.0509. The molecule has 0 spiro atoms. The standard InChI is InChI=1S/C14H18N2O3/c1-9(2)10-3-5-11(6-4-10)16-12(7-13(17)18)8-15-14(16)19/h3-6,9,12H,7-8H2,1-2H3,(H,15,19)(H,17,18). The molecule has 2 N–H and O–H groups in total. The zero-order chi connectivity index (χ0) is 14.0. The van der Waals surface area contributed by atoms with Crippen LogP contribution < -0.4 is 10.2 Å². The van der Waals surface area contributed by atoms with E-state index in [0.29, 0.717) is 12.5 Å². The second-order valence-corrected chi connectivity index (χ2v) is 5.05. The smallest absolute Gasteiger partial charge is 0.322 e. The third-order valence-electron chi connectivity index (χ3n) is 3.32. The van der Waals surface area contributed by atoms with Crippen molar-refractivity contribution in [2.75, 3.05) is 11.4 Å². The van der Waals surface area contributed by atoms with Gasteiger partial charge in [-0.1, -0.05) is 26.0 Å². The van der Waals surface area contributed by atoms with E-state index in [9.17, 15) is 9.59 Å². The number of benzene rings is 1. The maximum Gasteiger partial charge on any atom is 0.322 e. The summed E-state index contributed by atoms with van der Waals surface area (Å²) in [5, 5.41) is 11.6. The van der Waals surface area contributed by atoms with E-state index < -0.39 is 5.97 Å². The Balaban J connectivity index is 2.22. The fourth-order valence-electron chi connectivity index (χ4n) is 2.26. The van der Waals surface area contributed by atoms with Gasteiger partial charge in [-0.15, -0.1) is 0 Å². The van der Waals surface area contributed by atoms with Gasteiger partial charge in [0.25, 0.3) is 0 Å². The SMILES string of the molecule is CC(C)c1ccc(N2C(=O)NCC2CC(=O)O)cc1. The molecule has 1 heterocycles. The number of urea groups is 1. The Morgan fingerprint density at radius 3 is 2.58 bits per heavy atom. The molecule has 19 heavy (non-hydrogen) atoms. The lowest BCUT2D eigenvalue weighted by Gasteiger charge is -2.22. The zero-order valence-corrected chi connectivity index (χ0v) is 11.1. The molecule has 0 radical (unpaired) electrons. The molecule has 1 fully saturated rings. The molecular formula is C14H18N2O3. The number of carbonyl (C=O) groups is 2. The van der Waals surface area contributed by atoms with Crippen molar-refractivity contribution in [2.45, 2.75) is 32.2 Å². The largest absolute Gasteiger partial charge is 0.481 e. The molecule has 1 aromatic rings.